The zero-order valence-corrected chi connectivity index (χ0v) is 14.0. The number of nitrogens with zero attached hydrogens (tertiary/aromatic N) is 2. The lowest BCUT2D eigenvalue weighted by molar-refractivity contribution is 0.102. The van der Waals surface area contributed by atoms with Crippen LogP contribution in [0.5, 0.6) is 17.2 Å². The number of methoxy groups -OCH3 is 3. The van der Waals surface area contributed by atoms with Crippen LogP contribution >= 0.6 is 0 Å². The highest BCUT2D eigenvalue weighted by Crippen LogP contribution is 2.39. The van der Waals surface area contributed by atoms with Crippen molar-refractivity contribution in [2.75, 3.05) is 26.6 Å². The first-order valence-corrected chi connectivity index (χ1v) is 7.23. The summed E-state index contributed by atoms with van der Waals surface area (Å²) in [5.74, 6) is 0.805. The number of aromatic nitrogens is 2. The smallest absolute Gasteiger partial charge is 0.276 e. The lowest BCUT2D eigenvalue weighted by Gasteiger charge is -2.14. The Kier molecular flexibility index (Phi) is 5.41. The summed E-state index contributed by atoms with van der Waals surface area (Å²) in [6.45, 7) is 2.15. The Hall–Kier alpha value is -3.03. The molecule has 0 saturated heterocycles. The fourth-order valence-corrected chi connectivity index (χ4v) is 2.14. The maximum absolute atomic E-state index is 12.3. The van der Waals surface area contributed by atoms with Gasteiger partial charge in [-0.3, -0.25) is 9.59 Å². The average molecular weight is 333 g/mol. The zero-order valence-electron chi connectivity index (χ0n) is 14.0. The molecule has 1 aromatic carbocycles. The minimum atomic E-state index is -0.452. The van der Waals surface area contributed by atoms with Gasteiger partial charge in [0.1, 0.15) is 5.69 Å². The van der Waals surface area contributed by atoms with Gasteiger partial charge in [0.25, 0.3) is 11.5 Å². The molecule has 8 heteroatoms. The first-order chi connectivity index (χ1) is 11.5. The number of nitrogens with one attached hydrogen (secondary N) is 1. The predicted molar refractivity (Wildman–Crippen MR) is 88.2 cm³/mol. The normalized spacial score (nSPS) is 10.2. The van der Waals surface area contributed by atoms with Crippen LogP contribution in [-0.4, -0.2) is 37.0 Å². The van der Waals surface area contributed by atoms with Crippen molar-refractivity contribution in [3.8, 4) is 17.2 Å². The van der Waals surface area contributed by atoms with E-state index >= 15 is 0 Å². The highest BCUT2D eigenvalue weighted by Gasteiger charge is 2.16. The lowest BCUT2D eigenvalue weighted by atomic mass is 10.2. The number of amides is 1. The second-order valence-electron chi connectivity index (χ2n) is 4.74. The number of carbonyl (C=O) groups excluding carboxylic acids is 1. The molecule has 2 rings (SSSR count). The molecule has 1 heterocycles. The summed E-state index contributed by atoms with van der Waals surface area (Å²) in [5.41, 5.74) is 0.317. The Morgan fingerprint density at radius 1 is 1.12 bits per heavy atom. The van der Waals surface area contributed by atoms with Crippen molar-refractivity contribution in [3.05, 3.63) is 40.3 Å². The van der Waals surface area contributed by atoms with Crippen molar-refractivity contribution in [3.63, 3.8) is 0 Å². The van der Waals surface area contributed by atoms with Gasteiger partial charge in [-0.05, 0) is 13.0 Å². The Bertz CT molecular complexity index is 776. The fourth-order valence-electron chi connectivity index (χ4n) is 2.14. The van der Waals surface area contributed by atoms with E-state index in [9.17, 15) is 9.59 Å². The molecule has 128 valence electrons. The van der Waals surface area contributed by atoms with Crippen molar-refractivity contribution >= 4 is 11.6 Å². The second-order valence-corrected chi connectivity index (χ2v) is 4.74. The molecule has 0 radical (unpaired) electrons. The number of carbonyl (C=O) groups is 1. The molecule has 0 spiro atoms. The fraction of sp³-hybridized carbons (Fsp3) is 0.312. The first kappa shape index (κ1) is 17.3. The average Bonchev–Trinajstić information content (AvgIpc) is 2.60. The summed E-state index contributed by atoms with van der Waals surface area (Å²) in [4.78, 5) is 23.9. The molecule has 0 aliphatic rings. The largest absolute Gasteiger partial charge is 0.493 e. The Morgan fingerprint density at radius 2 is 1.75 bits per heavy atom. The Balaban J connectivity index is 2.33. The summed E-state index contributed by atoms with van der Waals surface area (Å²) in [5, 5.41) is 6.71. The van der Waals surface area contributed by atoms with E-state index in [4.69, 9.17) is 14.2 Å². The van der Waals surface area contributed by atoms with Crippen molar-refractivity contribution in [2.45, 2.75) is 13.5 Å². The highest BCUT2D eigenvalue weighted by molar-refractivity contribution is 6.03. The molecule has 0 fully saturated rings. The minimum Gasteiger partial charge on any atom is -0.493 e. The van der Waals surface area contributed by atoms with E-state index < -0.39 is 5.91 Å². The summed E-state index contributed by atoms with van der Waals surface area (Å²) < 4.78 is 16.9. The molecule has 0 aliphatic heterocycles. The standard InChI is InChI=1S/C16H19N3O5/c1-5-19-14(20)7-6-11(18-19)16(21)17-10-8-12(22-2)15(24-4)13(9-10)23-3/h6-9H,5H2,1-4H3,(H,17,21). The summed E-state index contributed by atoms with van der Waals surface area (Å²) in [6.07, 6.45) is 0. The van der Waals surface area contributed by atoms with E-state index in [-0.39, 0.29) is 11.3 Å². The highest BCUT2D eigenvalue weighted by atomic mass is 16.5. The predicted octanol–water partition coefficient (Wildman–Crippen LogP) is 1.54. The van der Waals surface area contributed by atoms with E-state index in [1.807, 2.05) is 0 Å². The maximum atomic E-state index is 12.3. The van der Waals surface area contributed by atoms with Crippen LogP contribution < -0.4 is 25.1 Å². The van der Waals surface area contributed by atoms with Gasteiger partial charge in [0.15, 0.2) is 11.5 Å². The van der Waals surface area contributed by atoms with Crippen LogP contribution in [0.25, 0.3) is 0 Å². The number of rotatable bonds is 6. The molecule has 0 aliphatic carbocycles. The molecule has 0 saturated carbocycles. The van der Waals surface area contributed by atoms with Crippen LogP contribution in [0.2, 0.25) is 0 Å². The van der Waals surface area contributed by atoms with Crippen LogP contribution in [-0.2, 0) is 6.54 Å². The van der Waals surface area contributed by atoms with Gasteiger partial charge >= 0.3 is 0 Å². The molecular weight excluding hydrogens is 314 g/mol. The minimum absolute atomic E-state index is 0.130. The van der Waals surface area contributed by atoms with E-state index in [2.05, 4.69) is 10.4 Å². The first-order valence-electron chi connectivity index (χ1n) is 7.23. The number of ether oxygens (including phenoxy) is 3. The Morgan fingerprint density at radius 3 is 2.25 bits per heavy atom. The number of hydrogen-bond acceptors (Lipinski definition) is 6. The van der Waals surface area contributed by atoms with Gasteiger partial charge in [0.2, 0.25) is 5.75 Å². The molecule has 1 amide bonds. The number of hydrogen-bond donors (Lipinski definition) is 1. The van der Waals surface area contributed by atoms with E-state index in [1.165, 1.54) is 38.1 Å². The van der Waals surface area contributed by atoms with Gasteiger partial charge in [-0.2, -0.15) is 5.10 Å². The molecule has 2 aromatic rings. The molecule has 24 heavy (non-hydrogen) atoms. The van der Waals surface area contributed by atoms with Gasteiger partial charge in [0, 0.05) is 30.4 Å². The van der Waals surface area contributed by atoms with Crippen LogP contribution in [0.4, 0.5) is 5.69 Å². The quantitative estimate of drug-likeness (QED) is 0.862. The molecule has 0 bridgehead atoms. The number of benzene rings is 1. The third kappa shape index (κ3) is 3.48. The summed E-state index contributed by atoms with van der Waals surface area (Å²) >= 11 is 0. The molecule has 8 nitrogen and oxygen atoms in total. The van der Waals surface area contributed by atoms with Crippen LogP contribution in [0.3, 0.4) is 0 Å². The number of aryl methyl sites for hydroxylation is 1. The van der Waals surface area contributed by atoms with Gasteiger partial charge in [-0.25, -0.2) is 4.68 Å². The molecule has 0 atom stereocenters. The van der Waals surface area contributed by atoms with Crippen LogP contribution in [0.15, 0.2) is 29.1 Å². The van der Waals surface area contributed by atoms with Crippen molar-refractivity contribution in [2.24, 2.45) is 0 Å². The van der Waals surface area contributed by atoms with Crippen molar-refractivity contribution in [1.82, 2.24) is 9.78 Å². The zero-order chi connectivity index (χ0) is 17.7. The summed E-state index contributed by atoms with van der Waals surface area (Å²) in [6, 6.07) is 5.90. The van der Waals surface area contributed by atoms with Gasteiger partial charge in [-0.15, -0.1) is 0 Å². The third-order valence-electron chi connectivity index (χ3n) is 3.32. The second kappa shape index (κ2) is 7.49. The SMILES string of the molecule is CCn1nc(C(=O)Nc2cc(OC)c(OC)c(OC)c2)ccc1=O. The van der Waals surface area contributed by atoms with Gasteiger partial charge < -0.3 is 19.5 Å². The Labute approximate surface area is 139 Å². The van der Waals surface area contributed by atoms with Gasteiger partial charge in [-0.1, -0.05) is 0 Å². The molecular formula is C16H19N3O5. The molecule has 1 N–H and O–H groups in total. The van der Waals surface area contributed by atoms with E-state index in [0.29, 0.717) is 29.5 Å². The molecule has 1 aromatic heterocycles. The topological polar surface area (TPSA) is 91.7 Å². The monoisotopic (exact) mass is 333 g/mol. The van der Waals surface area contributed by atoms with Crippen LogP contribution in [0, 0.1) is 0 Å². The maximum Gasteiger partial charge on any atom is 0.276 e. The third-order valence-corrected chi connectivity index (χ3v) is 3.32. The van der Waals surface area contributed by atoms with Crippen molar-refractivity contribution < 1.29 is 19.0 Å². The number of anilines is 1. The van der Waals surface area contributed by atoms with Crippen LogP contribution in [0.1, 0.15) is 17.4 Å². The lowest BCUT2D eigenvalue weighted by Crippen LogP contribution is -2.25. The van der Waals surface area contributed by atoms with E-state index in [0.717, 1.165) is 0 Å². The van der Waals surface area contributed by atoms with E-state index in [1.54, 1.807) is 19.1 Å². The molecule has 0 unspecified atom stereocenters. The van der Waals surface area contributed by atoms with Gasteiger partial charge in [0.05, 0.1) is 21.3 Å². The summed E-state index contributed by atoms with van der Waals surface area (Å²) in [7, 11) is 4.47. The van der Waals surface area contributed by atoms with Crippen molar-refractivity contribution in [1.29, 1.82) is 0 Å².